The topological polar surface area (TPSA) is 66.4 Å². The van der Waals surface area contributed by atoms with Gasteiger partial charge in [-0.2, -0.15) is 0 Å². The van der Waals surface area contributed by atoms with Crippen LogP contribution in [0, 0.1) is 11.3 Å². The van der Waals surface area contributed by atoms with Crippen LogP contribution in [-0.2, 0) is 6.42 Å². The maximum absolute atomic E-state index is 11.8. The molecule has 1 aromatic carbocycles. The monoisotopic (exact) mass is 243 g/mol. The fraction of sp³-hybridized carbons (Fsp3) is 0.429. The summed E-state index contributed by atoms with van der Waals surface area (Å²) < 4.78 is 0. The molecule has 0 bridgehead atoms. The molecule has 2 atom stereocenters. The van der Waals surface area contributed by atoms with Gasteiger partial charge in [0.25, 0.3) is 11.8 Å². The lowest BCUT2D eigenvalue weighted by Crippen LogP contribution is -2.20. The van der Waals surface area contributed by atoms with E-state index in [1.807, 2.05) is 0 Å². The Balaban J connectivity index is 2.00. The molecule has 92 valence electrons. The molecular formula is C14H13NO3. The van der Waals surface area contributed by atoms with E-state index in [0.29, 0.717) is 23.0 Å². The van der Waals surface area contributed by atoms with Crippen LogP contribution in [0.5, 0.6) is 5.75 Å². The molecule has 1 saturated carbocycles. The van der Waals surface area contributed by atoms with Crippen molar-refractivity contribution in [3.8, 4) is 5.75 Å². The van der Waals surface area contributed by atoms with Gasteiger partial charge in [0.05, 0.1) is 11.1 Å². The molecule has 2 aliphatic carbocycles. The van der Waals surface area contributed by atoms with Gasteiger partial charge in [0.2, 0.25) is 0 Å². The van der Waals surface area contributed by atoms with Crippen LogP contribution in [-0.4, -0.2) is 16.9 Å². The van der Waals surface area contributed by atoms with Gasteiger partial charge in [0.1, 0.15) is 5.75 Å². The highest BCUT2D eigenvalue weighted by Gasteiger charge is 2.64. The smallest absolute Gasteiger partial charge is 0.259 e. The first-order valence-corrected chi connectivity index (χ1v) is 6.17. The summed E-state index contributed by atoms with van der Waals surface area (Å²) in [6.07, 6.45) is 0.796. The summed E-state index contributed by atoms with van der Waals surface area (Å²) >= 11 is 0. The fourth-order valence-corrected chi connectivity index (χ4v) is 3.89. The van der Waals surface area contributed by atoms with Gasteiger partial charge in [-0.25, -0.2) is 0 Å². The molecule has 0 saturated heterocycles. The Labute approximate surface area is 104 Å². The summed E-state index contributed by atoms with van der Waals surface area (Å²) in [7, 11) is 0. The molecule has 0 radical (unpaired) electrons. The number of phenols is 1. The van der Waals surface area contributed by atoms with Gasteiger partial charge in [-0.05, 0) is 35.3 Å². The van der Waals surface area contributed by atoms with Crippen LogP contribution in [0.1, 0.15) is 51.6 Å². The van der Waals surface area contributed by atoms with Crippen molar-refractivity contribution >= 4 is 11.8 Å². The number of benzene rings is 1. The second kappa shape index (κ2) is 2.60. The Morgan fingerprint density at radius 3 is 2.78 bits per heavy atom. The quantitative estimate of drug-likeness (QED) is 0.680. The van der Waals surface area contributed by atoms with E-state index >= 15 is 0 Å². The SMILES string of the molecule is CC1(C)[C@@H]2Cc3c4c(cc(O)c3[C@@H]21)C(=O)NC4=O. The molecule has 2 N–H and O–H groups in total. The lowest BCUT2D eigenvalue weighted by molar-refractivity contribution is 0.0879. The molecule has 1 heterocycles. The van der Waals surface area contributed by atoms with Crippen LogP contribution in [0.4, 0.5) is 0 Å². The first-order valence-electron chi connectivity index (χ1n) is 6.17. The van der Waals surface area contributed by atoms with E-state index in [-0.39, 0.29) is 17.1 Å². The highest BCUT2D eigenvalue weighted by atomic mass is 16.3. The lowest BCUT2D eigenvalue weighted by atomic mass is 9.89. The Bertz CT molecular complexity index is 645. The number of fused-ring (bicyclic) bond motifs is 5. The standard InChI is InChI=1S/C14H13NO3/c1-14(2)7-3-5-9-6(12(17)15-13(9)18)4-8(16)10(5)11(7)14/h4,7,11,16H,3H2,1-2H3,(H,15,17,18)/t7-,11-/m1/s1. The molecule has 1 aliphatic heterocycles. The number of aromatic hydroxyl groups is 1. The van der Waals surface area contributed by atoms with Crippen molar-refractivity contribution in [3.63, 3.8) is 0 Å². The number of imide groups is 1. The maximum atomic E-state index is 11.8. The van der Waals surface area contributed by atoms with Crippen LogP contribution in [0.3, 0.4) is 0 Å². The first kappa shape index (κ1) is 10.1. The second-order valence-corrected chi connectivity index (χ2v) is 6.10. The van der Waals surface area contributed by atoms with Gasteiger partial charge < -0.3 is 5.11 Å². The average molecular weight is 243 g/mol. The number of nitrogens with one attached hydrogen (secondary N) is 1. The zero-order valence-corrected chi connectivity index (χ0v) is 10.2. The third kappa shape index (κ3) is 0.901. The van der Waals surface area contributed by atoms with E-state index in [9.17, 15) is 14.7 Å². The lowest BCUT2D eigenvalue weighted by Gasteiger charge is -2.15. The summed E-state index contributed by atoms with van der Waals surface area (Å²) in [4.78, 5) is 23.4. The predicted octanol–water partition coefficient (Wildman–Crippen LogP) is 1.57. The number of carbonyl (C=O) groups is 2. The van der Waals surface area contributed by atoms with E-state index in [4.69, 9.17) is 0 Å². The molecule has 1 aromatic rings. The van der Waals surface area contributed by atoms with Crippen LogP contribution in [0.25, 0.3) is 0 Å². The van der Waals surface area contributed by atoms with E-state index in [0.717, 1.165) is 17.5 Å². The van der Waals surface area contributed by atoms with E-state index in [2.05, 4.69) is 19.2 Å². The van der Waals surface area contributed by atoms with Crippen LogP contribution in [0.15, 0.2) is 6.07 Å². The highest BCUT2D eigenvalue weighted by molar-refractivity contribution is 6.22. The molecule has 4 heteroatoms. The van der Waals surface area contributed by atoms with Crippen molar-refractivity contribution in [2.45, 2.75) is 26.2 Å². The number of carbonyl (C=O) groups excluding carboxylic acids is 2. The average Bonchev–Trinajstić information content (AvgIpc) is 2.66. The predicted molar refractivity (Wildman–Crippen MR) is 63.6 cm³/mol. The van der Waals surface area contributed by atoms with Gasteiger partial charge in [-0.15, -0.1) is 0 Å². The molecule has 0 unspecified atom stereocenters. The molecule has 1 fully saturated rings. The summed E-state index contributed by atoms with van der Waals surface area (Å²) in [5.41, 5.74) is 2.82. The van der Waals surface area contributed by atoms with Gasteiger partial charge in [0.15, 0.2) is 0 Å². The number of hydrogen-bond donors (Lipinski definition) is 2. The van der Waals surface area contributed by atoms with Crippen LogP contribution < -0.4 is 5.32 Å². The number of amides is 2. The summed E-state index contributed by atoms with van der Waals surface area (Å²) in [6.45, 7) is 4.37. The van der Waals surface area contributed by atoms with Crippen molar-refractivity contribution in [2.75, 3.05) is 0 Å². The molecule has 0 aromatic heterocycles. The van der Waals surface area contributed by atoms with Gasteiger partial charge in [-0.1, -0.05) is 13.8 Å². The minimum absolute atomic E-state index is 0.173. The largest absolute Gasteiger partial charge is 0.508 e. The molecule has 4 nitrogen and oxygen atoms in total. The zero-order valence-electron chi connectivity index (χ0n) is 10.2. The molecular weight excluding hydrogens is 230 g/mol. The first-order chi connectivity index (χ1) is 8.43. The molecule has 4 rings (SSSR count). The second-order valence-electron chi connectivity index (χ2n) is 6.10. The Morgan fingerprint density at radius 1 is 1.33 bits per heavy atom. The third-order valence-electron chi connectivity index (χ3n) is 4.94. The van der Waals surface area contributed by atoms with Crippen molar-refractivity contribution in [2.24, 2.45) is 11.3 Å². The molecule has 3 aliphatic rings. The Morgan fingerprint density at radius 2 is 2.06 bits per heavy atom. The number of phenolic OH excluding ortho intramolecular Hbond substituents is 1. The highest BCUT2D eigenvalue weighted by Crippen LogP contribution is 2.72. The molecule has 2 amide bonds. The molecule has 0 spiro atoms. The zero-order chi connectivity index (χ0) is 12.8. The number of hydrogen-bond acceptors (Lipinski definition) is 3. The van der Waals surface area contributed by atoms with Gasteiger partial charge >= 0.3 is 0 Å². The van der Waals surface area contributed by atoms with E-state index in [1.54, 1.807) is 0 Å². The minimum atomic E-state index is -0.395. The van der Waals surface area contributed by atoms with E-state index in [1.165, 1.54) is 6.07 Å². The van der Waals surface area contributed by atoms with Crippen molar-refractivity contribution in [1.82, 2.24) is 5.32 Å². The number of rotatable bonds is 0. The Hall–Kier alpha value is -1.84. The van der Waals surface area contributed by atoms with Crippen LogP contribution in [0.2, 0.25) is 0 Å². The Kier molecular flexibility index (Phi) is 1.46. The fourth-order valence-electron chi connectivity index (χ4n) is 3.89. The summed E-state index contributed by atoms with van der Waals surface area (Å²) in [5.74, 6) is 0.291. The normalized spacial score (nSPS) is 29.7. The van der Waals surface area contributed by atoms with Crippen molar-refractivity contribution in [3.05, 3.63) is 28.3 Å². The minimum Gasteiger partial charge on any atom is -0.508 e. The van der Waals surface area contributed by atoms with Gasteiger partial charge in [-0.3, -0.25) is 14.9 Å². The van der Waals surface area contributed by atoms with Crippen molar-refractivity contribution < 1.29 is 14.7 Å². The summed E-state index contributed by atoms with van der Waals surface area (Å²) in [5, 5.41) is 12.4. The van der Waals surface area contributed by atoms with Crippen molar-refractivity contribution in [1.29, 1.82) is 0 Å². The molecule has 18 heavy (non-hydrogen) atoms. The van der Waals surface area contributed by atoms with E-state index < -0.39 is 5.91 Å². The maximum Gasteiger partial charge on any atom is 0.259 e. The van der Waals surface area contributed by atoms with Crippen LogP contribution >= 0.6 is 0 Å². The summed E-state index contributed by atoms with van der Waals surface area (Å²) in [6, 6.07) is 1.45. The van der Waals surface area contributed by atoms with Gasteiger partial charge in [0, 0.05) is 5.56 Å². The third-order valence-corrected chi connectivity index (χ3v) is 4.94.